The van der Waals surface area contributed by atoms with Gasteiger partial charge in [-0.15, -0.1) is 0 Å². The molecule has 2 rings (SSSR count). The standard InChI is InChI=1S/C15H13BrN2/c1-11(13-7-5-12(10-17)6-8-13)18-15-4-2-3-14(16)9-15/h2-9,11,18H,1H3. The molecule has 3 heteroatoms. The van der Waals surface area contributed by atoms with Crippen LogP contribution in [0.2, 0.25) is 0 Å². The summed E-state index contributed by atoms with van der Waals surface area (Å²) >= 11 is 3.45. The molecular formula is C15H13BrN2. The van der Waals surface area contributed by atoms with Crippen molar-refractivity contribution in [1.29, 1.82) is 5.26 Å². The predicted molar refractivity (Wildman–Crippen MR) is 77.3 cm³/mol. The molecule has 0 radical (unpaired) electrons. The highest BCUT2D eigenvalue weighted by Gasteiger charge is 2.05. The summed E-state index contributed by atoms with van der Waals surface area (Å²) in [6, 6.07) is 18.0. The van der Waals surface area contributed by atoms with Crippen LogP contribution in [-0.4, -0.2) is 0 Å². The van der Waals surface area contributed by atoms with Crippen molar-refractivity contribution in [2.24, 2.45) is 0 Å². The monoisotopic (exact) mass is 300 g/mol. The molecule has 0 bridgehead atoms. The third kappa shape index (κ3) is 3.12. The summed E-state index contributed by atoms with van der Waals surface area (Å²) in [7, 11) is 0. The molecule has 2 aromatic rings. The first-order chi connectivity index (χ1) is 8.69. The number of rotatable bonds is 3. The number of hydrogen-bond acceptors (Lipinski definition) is 2. The quantitative estimate of drug-likeness (QED) is 0.906. The maximum atomic E-state index is 8.76. The van der Waals surface area contributed by atoms with Crippen molar-refractivity contribution in [3.63, 3.8) is 0 Å². The van der Waals surface area contributed by atoms with E-state index in [1.807, 2.05) is 48.5 Å². The Hall–Kier alpha value is -1.79. The van der Waals surface area contributed by atoms with Crippen molar-refractivity contribution in [2.75, 3.05) is 5.32 Å². The normalized spacial score (nSPS) is 11.6. The minimum absolute atomic E-state index is 0.201. The van der Waals surface area contributed by atoms with Crippen LogP contribution in [0, 0.1) is 11.3 Å². The molecule has 0 aliphatic heterocycles. The van der Waals surface area contributed by atoms with Gasteiger partial charge in [-0.3, -0.25) is 0 Å². The van der Waals surface area contributed by atoms with Gasteiger partial charge in [0, 0.05) is 16.2 Å². The van der Waals surface area contributed by atoms with Crippen molar-refractivity contribution >= 4 is 21.6 Å². The number of nitrogens with one attached hydrogen (secondary N) is 1. The van der Waals surface area contributed by atoms with E-state index < -0.39 is 0 Å². The van der Waals surface area contributed by atoms with E-state index in [0.717, 1.165) is 15.7 Å². The topological polar surface area (TPSA) is 35.8 Å². The van der Waals surface area contributed by atoms with Crippen LogP contribution in [0.25, 0.3) is 0 Å². The van der Waals surface area contributed by atoms with E-state index in [-0.39, 0.29) is 6.04 Å². The Bertz CT molecular complexity index is 570. The van der Waals surface area contributed by atoms with E-state index in [2.05, 4.69) is 34.2 Å². The highest BCUT2D eigenvalue weighted by Crippen LogP contribution is 2.22. The highest BCUT2D eigenvalue weighted by atomic mass is 79.9. The van der Waals surface area contributed by atoms with Gasteiger partial charge in [0.05, 0.1) is 11.6 Å². The summed E-state index contributed by atoms with van der Waals surface area (Å²) in [4.78, 5) is 0. The number of benzene rings is 2. The Morgan fingerprint density at radius 3 is 2.50 bits per heavy atom. The molecule has 0 amide bonds. The van der Waals surface area contributed by atoms with E-state index in [1.54, 1.807) is 0 Å². The first kappa shape index (κ1) is 12.7. The molecule has 0 aromatic heterocycles. The smallest absolute Gasteiger partial charge is 0.0991 e. The van der Waals surface area contributed by atoms with E-state index in [4.69, 9.17) is 5.26 Å². The van der Waals surface area contributed by atoms with Gasteiger partial charge in [-0.1, -0.05) is 34.1 Å². The van der Waals surface area contributed by atoms with Gasteiger partial charge in [0.2, 0.25) is 0 Å². The first-order valence-electron chi connectivity index (χ1n) is 5.71. The predicted octanol–water partition coefficient (Wildman–Crippen LogP) is 4.49. The zero-order chi connectivity index (χ0) is 13.0. The second kappa shape index (κ2) is 5.70. The summed E-state index contributed by atoms with van der Waals surface area (Å²) < 4.78 is 1.06. The van der Waals surface area contributed by atoms with Crippen molar-refractivity contribution in [2.45, 2.75) is 13.0 Å². The Morgan fingerprint density at radius 2 is 1.89 bits per heavy atom. The lowest BCUT2D eigenvalue weighted by molar-refractivity contribution is 0.884. The number of hydrogen-bond donors (Lipinski definition) is 1. The molecule has 0 saturated heterocycles. The van der Waals surface area contributed by atoms with Crippen molar-refractivity contribution < 1.29 is 0 Å². The van der Waals surface area contributed by atoms with Crippen LogP contribution < -0.4 is 5.32 Å². The summed E-state index contributed by atoms with van der Waals surface area (Å²) in [5.74, 6) is 0. The van der Waals surface area contributed by atoms with Crippen LogP contribution in [0.5, 0.6) is 0 Å². The number of nitrogens with zero attached hydrogens (tertiary/aromatic N) is 1. The van der Waals surface area contributed by atoms with Gasteiger partial charge in [0.15, 0.2) is 0 Å². The molecule has 0 spiro atoms. The van der Waals surface area contributed by atoms with Gasteiger partial charge in [-0.2, -0.15) is 5.26 Å². The van der Waals surface area contributed by atoms with E-state index in [9.17, 15) is 0 Å². The van der Waals surface area contributed by atoms with E-state index in [0.29, 0.717) is 5.56 Å². The van der Waals surface area contributed by atoms with E-state index in [1.165, 1.54) is 0 Å². The Kier molecular flexibility index (Phi) is 4.01. The Balaban J connectivity index is 2.12. The van der Waals surface area contributed by atoms with Crippen LogP contribution in [0.3, 0.4) is 0 Å². The maximum Gasteiger partial charge on any atom is 0.0991 e. The minimum Gasteiger partial charge on any atom is -0.378 e. The zero-order valence-electron chi connectivity index (χ0n) is 10.0. The third-order valence-corrected chi connectivity index (χ3v) is 3.24. The third-order valence-electron chi connectivity index (χ3n) is 2.75. The zero-order valence-corrected chi connectivity index (χ0v) is 11.6. The molecule has 0 heterocycles. The molecule has 18 heavy (non-hydrogen) atoms. The van der Waals surface area contributed by atoms with Crippen LogP contribution in [-0.2, 0) is 0 Å². The highest BCUT2D eigenvalue weighted by molar-refractivity contribution is 9.10. The molecule has 0 aliphatic carbocycles. The summed E-state index contributed by atoms with van der Waals surface area (Å²) in [5.41, 5.74) is 2.92. The average Bonchev–Trinajstić information content (AvgIpc) is 2.39. The minimum atomic E-state index is 0.201. The fourth-order valence-corrected chi connectivity index (χ4v) is 2.16. The lowest BCUT2D eigenvalue weighted by atomic mass is 10.1. The molecule has 0 saturated carbocycles. The van der Waals surface area contributed by atoms with Gasteiger partial charge in [0.25, 0.3) is 0 Å². The average molecular weight is 301 g/mol. The summed E-state index contributed by atoms with van der Waals surface area (Å²) in [6.45, 7) is 2.10. The maximum absolute atomic E-state index is 8.76. The number of nitriles is 1. The molecule has 2 aromatic carbocycles. The van der Waals surface area contributed by atoms with Gasteiger partial charge < -0.3 is 5.32 Å². The molecule has 1 atom stereocenters. The van der Waals surface area contributed by atoms with Crippen molar-refractivity contribution in [3.05, 3.63) is 64.1 Å². The fraction of sp³-hybridized carbons (Fsp3) is 0.133. The molecule has 0 aliphatic rings. The van der Waals surface area contributed by atoms with Crippen LogP contribution in [0.15, 0.2) is 53.0 Å². The number of halogens is 1. The van der Waals surface area contributed by atoms with Crippen LogP contribution >= 0.6 is 15.9 Å². The van der Waals surface area contributed by atoms with Crippen molar-refractivity contribution in [1.82, 2.24) is 0 Å². The van der Waals surface area contributed by atoms with Gasteiger partial charge >= 0.3 is 0 Å². The molecule has 90 valence electrons. The molecule has 0 fully saturated rings. The molecule has 1 N–H and O–H groups in total. The van der Waals surface area contributed by atoms with Crippen LogP contribution in [0.1, 0.15) is 24.1 Å². The van der Waals surface area contributed by atoms with Crippen LogP contribution in [0.4, 0.5) is 5.69 Å². The van der Waals surface area contributed by atoms with Gasteiger partial charge in [-0.25, -0.2) is 0 Å². The van der Waals surface area contributed by atoms with Gasteiger partial charge in [0.1, 0.15) is 0 Å². The number of anilines is 1. The largest absolute Gasteiger partial charge is 0.378 e. The second-order valence-corrected chi connectivity index (χ2v) is 5.03. The first-order valence-corrected chi connectivity index (χ1v) is 6.50. The van der Waals surface area contributed by atoms with Crippen molar-refractivity contribution in [3.8, 4) is 6.07 Å². The van der Waals surface area contributed by atoms with Gasteiger partial charge in [-0.05, 0) is 42.8 Å². The molecule has 2 nitrogen and oxygen atoms in total. The fourth-order valence-electron chi connectivity index (χ4n) is 1.76. The summed E-state index contributed by atoms with van der Waals surface area (Å²) in [6.07, 6.45) is 0. The summed E-state index contributed by atoms with van der Waals surface area (Å²) in [5, 5.41) is 12.2. The lowest BCUT2D eigenvalue weighted by Gasteiger charge is -2.16. The van der Waals surface area contributed by atoms with E-state index >= 15 is 0 Å². The Labute approximate surface area is 115 Å². The lowest BCUT2D eigenvalue weighted by Crippen LogP contribution is -2.06. The SMILES string of the molecule is CC(Nc1cccc(Br)c1)c1ccc(C#N)cc1. The Morgan fingerprint density at radius 1 is 1.17 bits per heavy atom. The molecular weight excluding hydrogens is 288 g/mol. The molecule has 1 unspecified atom stereocenters. The second-order valence-electron chi connectivity index (χ2n) is 4.11.